The second-order valence-corrected chi connectivity index (χ2v) is 7.45. The average Bonchev–Trinajstić information content (AvgIpc) is 2.47. The van der Waals surface area contributed by atoms with E-state index in [4.69, 9.17) is 0 Å². The van der Waals surface area contributed by atoms with Crippen LogP contribution in [0.15, 0.2) is 30.3 Å². The zero-order valence-electron chi connectivity index (χ0n) is 13.9. The lowest BCUT2D eigenvalue weighted by Gasteiger charge is -2.31. The summed E-state index contributed by atoms with van der Waals surface area (Å²) in [4.78, 5) is 12.7. The Kier molecular flexibility index (Phi) is 7.11. The van der Waals surface area contributed by atoms with E-state index in [2.05, 4.69) is 40.3 Å². The van der Waals surface area contributed by atoms with E-state index < -0.39 is 0 Å². The molecule has 1 unspecified atom stereocenters. The second-order valence-electron chi connectivity index (χ2n) is 7.12. The van der Waals surface area contributed by atoms with Gasteiger partial charge in [-0.25, -0.2) is 0 Å². The lowest BCUT2D eigenvalue weighted by Crippen LogP contribution is -2.35. The van der Waals surface area contributed by atoms with Crippen molar-refractivity contribution in [1.29, 1.82) is 0 Å². The number of hydrogen-bond donors (Lipinski definition) is 1. The van der Waals surface area contributed by atoms with Crippen molar-refractivity contribution in [2.75, 3.05) is 0 Å². The minimum atomic E-state index is -0.0879. The molecule has 1 saturated carbocycles. The predicted octanol–water partition coefficient (Wildman–Crippen LogP) is 4.25. The number of benzene rings is 1. The van der Waals surface area contributed by atoms with Crippen LogP contribution < -0.4 is 5.09 Å². The van der Waals surface area contributed by atoms with Crippen LogP contribution in [0, 0.1) is 5.92 Å². The van der Waals surface area contributed by atoms with Crippen molar-refractivity contribution in [2.45, 2.75) is 64.0 Å². The summed E-state index contributed by atoms with van der Waals surface area (Å²) >= 11 is 0. The molecule has 1 fully saturated rings. The Labute approximate surface area is 138 Å². The molecule has 1 aromatic carbocycles. The molecule has 1 N–H and O–H groups in total. The molecule has 22 heavy (non-hydrogen) atoms. The van der Waals surface area contributed by atoms with E-state index in [-0.39, 0.29) is 6.04 Å². The van der Waals surface area contributed by atoms with Gasteiger partial charge < -0.3 is 0 Å². The maximum atomic E-state index is 12.7. The number of nitrogens with one attached hydrogen (secondary N) is 1. The standard InChI is InChI=1S/C18H29BNOP/c1-19(2)16(11-14-9-6-10-14)13-18(21)17(20-22)12-15-7-4-3-5-8-15/h3-5,7-8,14,16-17,20H,6,9-13,22H2,1-2H3/t16-,17+/m1/s1. The first-order chi connectivity index (χ1) is 10.6. The van der Waals surface area contributed by atoms with Crippen molar-refractivity contribution in [1.82, 2.24) is 5.09 Å². The molecule has 2 nitrogen and oxygen atoms in total. The van der Waals surface area contributed by atoms with E-state index >= 15 is 0 Å². The third-order valence-electron chi connectivity index (χ3n) is 5.14. The number of ketones is 1. The minimum Gasteiger partial charge on any atom is -0.298 e. The van der Waals surface area contributed by atoms with Crippen LogP contribution >= 0.6 is 9.39 Å². The van der Waals surface area contributed by atoms with Crippen molar-refractivity contribution in [3.05, 3.63) is 35.9 Å². The van der Waals surface area contributed by atoms with Crippen LogP contribution in [0.5, 0.6) is 0 Å². The molecule has 1 aliphatic rings. The largest absolute Gasteiger partial charge is 0.298 e. The van der Waals surface area contributed by atoms with Crippen molar-refractivity contribution in [3.8, 4) is 0 Å². The van der Waals surface area contributed by atoms with Crippen LogP contribution in [0.3, 0.4) is 0 Å². The molecule has 0 aliphatic heterocycles. The SMILES string of the molecule is CB(C)[C@@H](CC(=O)[C@H](Cc1ccccc1)NP)CC1CCC1. The topological polar surface area (TPSA) is 29.1 Å². The van der Waals surface area contributed by atoms with Gasteiger partial charge in [-0.2, -0.15) is 0 Å². The summed E-state index contributed by atoms with van der Waals surface area (Å²) < 4.78 is 0. The van der Waals surface area contributed by atoms with Crippen LogP contribution in [-0.4, -0.2) is 18.5 Å². The van der Waals surface area contributed by atoms with Crippen LogP contribution in [0.2, 0.25) is 19.5 Å². The molecule has 0 aromatic heterocycles. The summed E-state index contributed by atoms with van der Waals surface area (Å²) in [5, 5.41) is 3.14. The second kappa shape index (κ2) is 8.84. The fourth-order valence-electron chi connectivity index (χ4n) is 3.26. The number of carbonyl (C=O) groups is 1. The maximum absolute atomic E-state index is 12.7. The monoisotopic (exact) mass is 317 g/mol. The first kappa shape index (κ1) is 17.7. The quantitative estimate of drug-likeness (QED) is 0.545. The Morgan fingerprint density at radius 1 is 1.32 bits per heavy atom. The lowest BCUT2D eigenvalue weighted by molar-refractivity contribution is -0.120. The van der Waals surface area contributed by atoms with Crippen molar-refractivity contribution >= 4 is 21.9 Å². The lowest BCUT2D eigenvalue weighted by atomic mass is 9.42. The van der Waals surface area contributed by atoms with Gasteiger partial charge in [0.05, 0.1) is 6.04 Å². The first-order valence-corrected chi connectivity index (χ1v) is 9.20. The molecule has 2 rings (SSSR count). The number of carbonyl (C=O) groups excluding carboxylic acids is 1. The van der Waals surface area contributed by atoms with Crippen LogP contribution in [0.1, 0.15) is 37.7 Å². The first-order valence-electron chi connectivity index (χ1n) is 8.63. The van der Waals surface area contributed by atoms with E-state index in [9.17, 15) is 4.79 Å². The zero-order chi connectivity index (χ0) is 15.9. The summed E-state index contributed by atoms with van der Waals surface area (Å²) in [5.74, 6) is 1.77. The number of rotatable bonds is 9. The normalized spacial score (nSPS) is 17.6. The minimum absolute atomic E-state index is 0.0879. The van der Waals surface area contributed by atoms with Crippen LogP contribution in [0.4, 0.5) is 0 Å². The highest BCUT2D eigenvalue weighted by Crippen LogP contribution is 2.37. The molecule has 0 radical (unpaired) electrons. The van der Waals surface area contributed by atoms with Gasteiger partial charge >= 0.3 is 0 Å². The molecule has 0 spiro atoms. The summed E-state index contributed by atoms with van der Waals surface area (Å²) in [6.45, 7) is 5.11. The Bertz CT molecular complexity index is 461. The Balaban J connectivity index is 1.91. The highest BCUT2D eigenvalue weighted by molar-refractivity contribution is 7.13. The van der Waals surface area contributed by atoms with Gasteiger partial charge in [-0.1, -0.05) is 84.9 Å². The highest BCUT2D eigenvalue weighted by atomic mass is 31.0. The van der Waals surface area contributed by atoms with Gasteiger partial charge in [-0.05, 0) is 17.9 Å². The Hall–Kier alpha value is -0.655. The summed E-state index contributed by atoms with van der Waals surface area (Å²) in [5.41, 5.74) is 1.22. The molecule has 1 aliphatic carbocycles. The van der Waals surface area contributed by atoms with Gasteiger partial charge in [0.15, 0.2) is 0 Å². The Morgan fingerprint density at radius 3 is 2.50 bits per heavy atom. The van der Waals surface area contributed by atoms with Gasteiger partial charge in [0.1, 0.15) is 12.5 Å². The zero-order valence-corrected chi connectivity index (χ0v) is 15.1. The third kappa shape index (κ3) is 5.21. The van der Waals surface area contributed by atoms with Crippen molar-refractivity contribution in [2.24, 2.45) is 5.92 Å². The van der Waals surface area contributed by atoms with Crippen LogP contribution in [-0.2, 0) is 11.2 Å². The molecular weight excluding hydrogens is 288 g/mol. The third-order valence-corrected chi connectivity index (χ3v) is 5.54. The molecule has 4 heteroatoms. The predicted molar refractivity (Wildman–Crippen MR) is 99.6 cm³/mol. The van der Waals surface area contributed by atoms with Gasteiger partial charge in [-0.15, -0.1) is 0 Å². The smallest absolute Gasteiger partial charge is 0.149 e. The summed E-state index contributed by atoms with van der Waals surface area (Å²) in [6.07, 6.45) is 6.84. The molecular formula is C18H29BNOP. The van der Waals surface area contributed by atoms with Gasteiger partial charge in [0.25, 0.3) is 0 Å². The van der Waals surface area contributed by atoms with Gasteiger partial charge in [-0.3, -0.25) is 9.88 Å². The summed E-state index contributed by atoms with van der Waals surface area (Å²) in [6, 6.07) is 10.2. The number of hydrogen-bond acceptors (Lipinski definition) is 2. The molecule has 120 valence electrons. The van der Waals surface area contributed by atoms with E-state index in [1.807, 2.05) is 18.2 Å². The van der Waals surface area contributed by atoms with Crippen molar-refractivity contribution < 1.29 is 4.79 Å². The molecule has 0 heterocycles. The average molecular weight is 317 g/mol. The Morgan fingerprint density at radius 2 is 2.00 bits per heavy atom. The fraction of sp³-hybridized carbons (Fsp3) is 0.611. The maximum Gasteiger partial charge on any atom is 0.149 e. The van der Waals surface area contributed by atoms with Gasteiger partial charge in [0.2, 0.25) is 0 Å². The van der Waals surface area contributed by atoms with E-state index in [0.717, 1.165) is 12.3 Å². The molecule has 1 aromatic rings. The summed E-state index contributed by atoms with van der Waals surface area (Å²) in [7, 11) is 2.53. The van der Waals surface area contributed by atoms with E-state index in [1.54, 1.807) is 0 Å². The van der Waals surface area contributed by atoms with E-state index in [0.29, 0.717) is 24.7 Å². The van der Waals surface area contributed by atoms with Gasteiger partial charge in [0, 0.05) is 6.42 Å². The molecule has 0 amide bonds. The van der Waals surface area contributed by atoms with Crippen molar-refractivity contribution in [3.63, 3.8) is 0 Å². The molecule has 3 atom stereocenters. The molecule has 0 saturated heterocycles. The fourth-order valence-corrected chi connectivity index (χ4v) is 3.57. The number of Topliss-reactive ketones (excluding diaryl/α,β-unsaturated/α-hetero) is 1. The van der Waals surface area contributed by atoms with Crippen LogP contribution in [0.25, 0.3) is 0 Å². The van der Waals surface area contributed by atoms with E-state index in [1.165, 1.54) is 31.2 Å². The highest BCUT2D eigenvalue weighted by Gasteiger charge is 2.28. The molecule has 0 bridgehead atoms.